The van der Waals surface area contributed by atoms with Gasteiger partial charge in [-0.1, -0.05) is 73.9 Å². The average Bonchev–Trinajstić information content (AvgIpc) is 3.71. The molecule has 1 nitrogen and oxygen atoms in total. The average molecular weight is 602 g/mol. The van der Waals surface area contributed by atoms with E-state index in [0.29, 0.717) is 0 Å². The Kier molecular flexibility index (Phi) is 6.95. The van der Waals surface area contributed by atoms with E-state index >= 15 is 0 Å². The third-order valence-corrected chi connectivity index (χ3v) is 8.51. The van der Waals surface area contributed by atoms with E-state index < -0.39 is 20.8 Å². The summed E-state index contributed by atoms with van der Waals surface area (Å²) in [6.45, 7) is 2.33. The molecule has 6 aromatic rings. The van der Waals surface area contributed by atoms with Crippen LogP contribution >= 0.6 is 17.0 Å². The Labute approximate surface area is 237 Å². The summed E-state index contributed by atoms with van der Waals surface area (Å²) in [6.07, 6.45) is 5.13. The molecule has 1 aliphatic rings. The van der Waals surface area contributed by atoms with Crippen LogP contribution in [0, 0.1) is 6.92 Å². The van der Waals surface area contributed by atoms with Crippen LogP contribution in [-0.4, -0.2) is 4.57 Å². The van der Waals surface area contributed by atoms with Gasteiger partial charge in [0.1, 0.15) is 0 Å². The predicted octanol–water partition coefficient (Wildman–Crippen LogP) is 10.1. The second-order valence-corrected chi connectivity index (χ2v) is 14.0. The molecule has 0 spiro atoms. The molecule has 37 heavy (non-hydrogen) atoms. The Morgan fingerprint density at radius 3 is 2.24 bits per heavy atom. The van der Waals surface area contributed by atoms with Crippen LogP contribution in [0.4, 0.5) is 0 Å². The molecule has 0 amide bonds. The Morgan fingerprint density at radius 1 is 0.784 bits per heavy atom. The van der Waals surface area contributed by atoms with Crippen LogP contribution in [-0.2, 0) is 33.3 Å². The fourth-order valence-corrected chi connectivity index (χ4v) is 7.02. The molecule has 1 aliphatic carbocycles. The van der Waals surface area contributed by atoms with Crippen molar-refractivity contribution < 1.29 is 20.8 Å². The van der Waals surface area contributed by atoms with Gasteiger partial charge in [0.15, 0.2) is 0 Å². The van der Waals surface area contributed by atoms with Gasteiger partial charge in [-0.05, 0) is 23.8 Å². The molecule has 0 bridgehead atoms. The van der Waals surface area contributed by atoms with Gasteiger partial charge in [0, 0.05) is 28.9 Å². The number of rotatable bonds is 3. The molecule has 0 unspecified atom stereocenters. The van der Waals surface area contributed by atoms with Crippen LogP contribution < -0.4 is 0 Å². The van der Waals surface area contributed by atoms with Crippen LogP contribution in [0.1, 0.15) is 42.4 Å². The first-order chi connectivity index (χ1) is 18.1. The van der Waals surface area contributed by atoms with Crippen molar-refractivity contribution in [1.82, 2.24) is 4.57 Å². The molecule has 1 saturated carbocycles. The zero-order valence-electron chi connectivity index (χ0n) is 21.2. The Morgan fingerprint density at radius 2 is 1.49 bits per heavy atom. The quantitative estimate of drug-likeness (QED) is 0.178. The van der Waals surface area contributed by atoms with Gasteiger partial charge in [0.25, 0.3) is 0 Å². The summed E-state index contributed by atoms with van der Waals surface area (Å²) in [5, 5.41) is 5.50. The standard InChI is InChI=1S/C33H29N.2ClH.Zr/c1-22-20-28-25(23-16-17-31-29(21-23)26-12-5-6-15-30(26)34(31)2)13-9-14-27(28)32(22)33(18-7-8-19-33)24-10-3-4-11-24;;;/h3-6,9-17,20-21H,7-8,18-19H2,1-2H3;2*1H;/q-2;;;+4/p-2. The van der Waals surface area contributed by atoms with Gasteiger partial charge in [-0.25, -0.2) is 12.1 Å². The first-order valence-electron chi connectivity index (χ1n) is 12.9. The van der Waals surface area contributed by atoms with Crippen LogP contribution in [0.25, 0.3) is 43.7 Å². The molecule has 1 fully saturated rings. The normalized spacial score (nSPS) is 14.7. The van der Waals surface area contributed by atoms with Crippen LogP contribution in [0.15, 0.2) is 91.0 Å². The molecule has 184 valence electrons. The third kappa shape index (κ3) is 4.08. The summed E-state index contributed by atoms with van der Waals surface area (Å²) in [5.74, 6) is 0. The zero-order valence-corrected chi connectivity index (χ0v) is 25.2. The second-order valence-electron chi connectivity index (χ2n) is 10.3. The molecule has 7 rings (SSSR count). The molecular formula is C33H29Cl2NZr. The van der Waals surface area contributed by atoms with Crippen molar-refractivity contribution in [1.29, 1.82) is 0 Å². The van der Waals surface area contributed by atoms with Gasteiger partial charge < -0.3 is 4.57 Å². The number of benzene rings is 3. The fourth-order valence-electron chi connectivity index (χ4n) is 7.02. The number of aromatic nitrogens is 1. The van der Waals surface area contributed by atoms with Gasteiger partial charge in [0.2, 0.25) is 0 Å². The molecule has 0 radical (unpaired) electrons. The van der Waals surface area contributed by atoms with Crippen molar-refractivity contribution in [2.45, 2.75) is 38.0 Å². The van der Waals surface area contributed by atoms with Crippen molar-refractivity contribution in [3.63, 3.8) is 0 Å². The summed E-state index contributed by atoms with van der Waals surface area (Å²) in [4.78, 5) is 0. The Hall–Kier alpha value is -2.12. The number of para-hydroxylation sites is 1. The number of aryl methyl sites for hydroxylation is 2. The first-order valence-corrected chi connectivity index (χ1v) is 19.3. The van der Waals surface area contributed by atoms with E-state index in [1.807, 2.05) is 0 Å². The number of hydrogen-bond acceptors (Lipinski definition) is 0. The molecule has 0 N–H and O–H groups in total. The molecule has 1 heterocycles. The summed E-state index contributed by atoms with van der Waals surface area (Å²) in [6, 6.07) is 34.2. The minimum atomic E-state index is -0.826. The van der Waals surface area contributed by atoms with Gasteiger partial charge in [-0.3, -0.25) is 0 Å². The van der Waals surface area contributed by atoms with E-state index in [1.54, 1.807) is 5.56 Å². The predicted molar refractivity (Wildman–Crippen MR) is 157 cm³/mol. The zero-order chi connectivity index (χ0) is 25.6. The maximum absolute atomic E-state index is 4.93. The summed E-state index contributed by atoms with van der Waals surface area (Å²) < 4.78 is 2.31. The van der Waals surface area contributed by atoms with Gasteiger partial charge in [-0.15, -0.1) is 34.0 Å². The van der Waals surface area contributed by atoms with Gasteiger partial charge in [0.05, 0.1) is 0 Å². The summed E-state index contributed by atoms with van der Waals surface area (Å²) in [5.41, 5.74) is 9.90. The maximum atomic E-state index is 4.93. The van der Waals surface area contributed by atoms with E-state index in [9.17, 15) is 0 Å². The minimum absolute atomic E-state index is 0.160. The fraction of sp³-hybridized carbons (Fsp3) is 0.212. The van der Waals surface area contributed by atoms with E-state index in [2.05, 4.69) is 110 Å². The molecule has 1 aromatic heterocycles. The van der Waals surface area contributed by atoms with Crippen LogP contribution in [0.2, 0.25) is 0 Å². The van der Waals surface area contributed by atoms with Gasteiger partial charge >= 0.3 is 37.9 Å². The van der Waals surface area contributed by atoms with Gasteiger partial charge in [-0.2, -0.15) is 23.8 Å². The number of halogens is 2. The van der Waals surface area contributed by atoms with E-state index in [0.717, 1.165) is 0 Å². The molecule has 5 aromatic carbocycles. The van der Waals surface area contributed by atoms with Crippen LogP contribution in [0.5, 0.6) is 0 Å². The van der Waals surface area contributed by atoms with Crippen LogP contribution in [0.3, 0.4) is 0 Å². The summed E-state index contributed by atoms with van der Waals surface area (Å²) >= 11 is -0.826. The van der Waals surface area contributed by atoms with E-state index in [1.165, 1.54) is 80.5 Å². The van der Waals surface area contributed by atoms with Crippen molar-refractivity contribution in [3.8, 4) is 11.1 Å². The second kappa shape index (κ2) is 10.2. The Balaban J connectivity index is 0.000000804. The molecule has 0 aliphatic heterocycles. The van der Waals surface area contributed by atoms with Crippen molar-refractivity contribution >= 4 is 49.6 Å². The van der Waals surface area contributed by atoms with E-state index in [-0.39, 0.29) is 5.41 Å². The Bertz CT molecular complexity index is 1700. The van der Waals surface area contributed by atoms with Crippen molar-refractivity contribution in [2.24, 2.45) is 7.05 Å². The number of hydrogen-bond donors (Lipinski definition) is 0. The number of nitrogens with zero attached hydrogens (tertiary/aromatic N) is 1. The first kappa shape index (κ1) is 25.2. The monoisotopic (exact) mass is 599 g/mol. The molecule has 0 saturated heterocycles. The topological polar surface area (TPSA) is 4.93 Å². The van der Waals surface area contributed by atoms with E-state index in [4.69, 9.17) is 17.0 Å². The molecule has 0 atom stereocenters. The van der Waals surface area contributed by atoms with Crippen molar-refractivity contribution in [2.75, 3.05) is 0 Å². The summed E-state index contributed by atoms with van der Waals surface area (Å²) in [7, 11) is 12.0. The number of fused-ring (bicyclic) bond motifs is 4. The SMILES string of the molecule is Cc1cc2c(-c3ccc4c(c3)c3ccccc3n4C)cccc2[c-]1C1([c-]2cccc2)CCCC1.[Cl][Zr+2][Cl]. The third-order valence-electron chi connectivity index (χ3n) is 8.51. The molecule has 4 heteroatoms. The molecular weight excluding hydrogens is 573 g/mol. The van der Waals surface area contributed by atoms with Crippen molar-refractivity contribution in [3.05, 3.63) is 108 Å².